The molecule has 206 valence electrons. The summed E-state index contributed by atoms with van der Waals surface area (Å²) >= 11 is 0. The maximum Gasteiger partial charge on any atom is 0.423 e. The number of halogens is 3. The fourth-order valence-corrected chi connectivity index (χ4v) is 5.89. The second kappa shape index (κ2) is 10.8. The molecular formula is C31H29F3N4O2. The fourth-order valence-electron chi connectivity index (χ4n) is 5.89. The average Bonchev–Trinajstić information content (AvgIpc) is 3.40. The molecular weight excluding hydrogens is 517 g/mol. The molecule has 0 saturated carbocycles. The van der Waals surface area contributed by atoms with Crippen LogP contribution in [0.25, 0.3) is 0 Å². The summed E-state index contributed by atoms with van der Waals surface area (Å²) in [5, 5.41) is 5.54. The molecule has 6 nitrogen and oxygen atoms in total. The minimum absolute atomic E-state index is 0.00373. The lowest BCUT2D eigenvalue weighted by atomic mass is 9.94. The number of nitrogens with one attached hydrogen (secondary N) is 1. The van der Waals surface area contributed by atoms with E-state index in [0.717, 1.165) is 43.3 Å². The maximum atomic E-state index is 13.7. The van der Waals surface area contributed by atoms with Crippen molar-refractivity contribution in [3.8, 4) is 5.75 Å². The van der Waals surface area contributed by atoms with E-state index in [9.17, 15) is 18.0 Å². The van der Waals surface area contributed by atoms with Crippen LogP contribution in [0.5, 0.6) is 5.75 Å². The van der Waals surface area contributed by atoms with Gasteiger partial charge in [0.2, 0.25) is 0 Å². The molecule has 0 radical (unpaired) electrons. The minimum atomic E-state index is -4.79. The molecule has 6 rings (SSSR count). The number of hydrogen-bond acceptors (Lipinski definition) is 5. The van der Waals surface area contributed by atoms with Gasteiger partial charge in [-0.3, -0.25) is 9.69 Å². The molecule has 1 aromatic heterocycles. The lowest BCUT2D eigenvalue weighted by molar-refractivity contribution is -0.138. The van der Waals surface area contributed by atoms with E-state index < -0.39 is 17.3 Å². The van der Waals surface area contributed by atoms with Crippen LogP contribution in [-0.4, -0.2) is 34.3 Å². The van der Waals surface area contributed by atoms with Crippen molar-refractivity contribution in [1.82, 2.24) is 15.1 Å². The van der Waals surface area contributed by atoms with Crippen LogP contribution in [0, 0.1) is 0 Å². The molecule has 0 bridgehead atoms. The standard InChI is InChI=1S/C31H29F3N4O2/c32-31(33,34)28-26(18-35-36-30(28)39)38-19-23-12-7-13-27(25(23)20-38)40-24-14-16-37(17-15-24)29(21-8-3-1-4-9-21)22-10-5-2-6-11-22/h1-13,18,24,29H,14-17,19-20H2,(H,36,39). The molecule has 4 aromatic rings. The fraction of sp³-hybridized carbons (Fsp3) is 0.290. The molecule has 0 aliphatic carbocycles. The van der Waals surface area contributed by atoms with Gasteiger partial charge in [0.1, 0.15) is 17.4 Å². The zero-order valence-corrected chi connectivity index (χ0v) is 21.8. The van der Waals surface area contributed by atoms with Crippen LogP contribution >= 0.6 is 0 Å². The zero-order chi connectivity index (χ0) is 27.7. The molecule has 3 heterocycles. The van der Waals surface area contributed by atoms with Crippen molar-refractivity contribution in [3.63, 3.8) is 0 Å². The topological polar surface area (TPSA) is 61.5 Å². The molecule has 2 aliphatic heterocycles. The van der Waals surface area contributed by atoms with Crippen LogP contribution in [0.3, 0.4) is 0 Å². The van der Waals surface area contributed by atoms with Gasteiger partial charge in [-0.1, -0.05) is 72.8 Å². The Morgan fingerprint density at radius 2 is 1.52 bits per heavy atom. The third-order valence-electron chi connectivity index (χ3n) is 7.77. The highest BCUT2D eigenvalue weighted by molar-refractivity contribution is 5.58. The third kappa shape index (κ3) is 5.21. The summed E-state index contributed by atoms with van der Waals surface area (Å²) in [4.78, 5) is 16.0. The summed E-state index contributed by atoms with van der Waals surface area (Å²) in [5.41, 5.74) is 1.55. The number of aromatic nitrogens is 2. The first-order valence-corrected chi connectivity index (χ1v) is 13.4. The zero-order valence-electron chi connectivity index (χ0n) is 21.8. The van der Waals surface area contributed by atoms with Gasteiger partial charge in [-0.05, 0) is 35.6 Å². The Kier molecular flexibility index (Phi) is 7.06. The van der Waals surface area contributed by atoms with E-state index >= 15 is 0 Å². The van der Waals surface area contributed by atoms with Crippen molar-refractivity contribution in [2.24, 2.45) is 0 Å². The number of anilines is 1. The molecule has 9 heteroatoms. The van der Waals surface area contributed by atoms with Gasteiger partial charge in [0.05, 0.1) is 17.9 Å². The Hall–Kier alpha value is -4.11. The number of nitrogens with zero attached hydrogens (tertiary/aromatic N) is 3. The molecule has 1 N–H and O–H groups in total. The van der Waals surface area contributed by atoms with Crippen molar-refractivity contribution < 1.29 is 17.9 Å². The number of hydrogen-bond donors (Lipinski definition) is 1. The number of H-pyrrole nitrogens is 1. The predicted octanol–water partition coefficient (Wildman–Crippen LogP) is 5.94. The normalized spacial score (nSPS) is 16.4. The van der Waals surface area contributed by atoms with E-state index in [1.165, 1.54) is 16.0 Å². The van der Waals surface area contributed by atoms with Gasteiger partial charge in [-0.25, -0.2) is 5.10 Å². The number of aromatic amines is 1. The molecule has 1 fully saturated rings. The summed E-state index contributed by atoms with van der Waals surface area (Å²) in [6.07, 6.45) is -2.05. The van der Waals surface area contributed by atoms with Crippen LogP contribution < -0.4 is 15.2 Å². The molecule has 3 aromatic carbocycles. The van der Waals surface area contributed by atoms with Crippen molar-refractivity contribution in [2.45, 2.75) is 44.3 Å². The van der Waals surface area contributed by atoms with Gasteiger partial charge in [-0.15, -0.1) is 0 Å². The van der Waals surface area contributed by atoms with E-state index in [-0.39, 0.29) is 30.9 Å². The van der Waals surface area contributed by atoms with Crippen molar-refractivity contribution in [3.05, 3.63) is 123 Å². The van der Waals surface area contributed by atoms with Crippen LogP contribution in [0.4, 0.5) is 18.9 Å². The van der Waals surface area contributed by atoms with Gasteiger partial charge >= 0.3 is 6.18 Å². The van der Waals surface area contributed by atoms with E-state index in [0.29, 0.717) is 5.75 Å². The number of fused-ring (bicyclic) bond motifs is 1. The number of benzene rings is 3. The lowest BCUT2D eigenvalue weighted by Crippen LogP contribution is -2.40. The van der Waals surface area contributed by atoms with Gasteiger partial charge in [0, 0.05) is 31.7 Å². The average molecular weight is 547 g/mol. The summed E-state index contributed by atoms with van der Waals surface area (Å²) in [5.74, 6) is 0.687. The smallest absolute Gasteiger partial charge is 0.423 e. The van der Waals surface area contributed by atoms with Gasteiger partial charge in [-0.2, -0.15) is 18.3 Å². The largest absolute Gasteiger partial charge is 0.490 e. The number of piperidine rings is 1. The monoisotopic (exact) mass is 546 g/mol. The summed E-state index contributed by atoms with van der Waals surface area (Å²) < 4.78 is 47.5. The van der Waals surface area contributed by atoms with E-state index in [2.05, 4.69) is 58.5 Å². The predicted molar refractivity (Wildman–Crippen MR) is 146 cm³/mol. The quantitative estimate of drug-likeness (QED) is 0.324. The Labute approximate surface area is 230 Å². The third-order valence-corrected chi connectivity index (χ3v) is 7.77. The molecule has 1 saturated heterocycles. The number of ether oxygens (including phenoxy) is 1. The minimum Gasteiger partial charge on any atom is -0.490 e. The number of likely N-dealkylation sites (tertiary alicyclic amines) is 1. The summed E-state index contributed by atoms with van der Waals surface area (Å²) in [6, 6.07) is 26.8. The highest BCUT2D eigenvalue weighted by Crippen LogP contribution is 2.40. The molecule has 40 heavy (non-hydrogen) atoms. The molecule has 0 amide bonds. The van der Waals surface area contributed by atoms with Crippen molar-refractivity contribution in [2.75, 3.05) is 18.0 Å². The second-order valence-corrected chi connectivity index (χ2v) is 10.3. The molecule has 0 atom stereocenters. The summed E-state index contributed by atoms with van der Waals surface area (Å²) in [6.45, 7) is 2.17. The van der Waals surface area contributed by atoms with E-state index in [1.54, 1.807) is 0 Å². The van der Waals surface area contributed by atoms with Gasteiger partial charge in [0.25, 0.3) is 5.56 Å². The Morgan fingerprint density at radius 3 is 2.15 bits per heavy atom. The SMILES string of the molecule is O=c1[nH]ncc(N2Cc3cccc(OC4CCN(C(c5ccccc5)c5ccccc5)CC4)c3C2)c1C(F)(F)F. The first kappa shape index (κ1) is 26.1. The van der Waals surface area contributed by atoms with Crippen LogP contribution in [0.2, 0.25) is 0 Å². The van der Waals surface area contributed by atoms with Crippen LogP contribution in [0.1, 0.15) is 46.7 Å². The number of rotatable bonds is 6. The Bertz CT molecular complexity index is 1480. The maximum absolute atomic E-state index is 13.7. The molecule has 0 spiro atoms. The van der Waals surface area contributed by atoms with Crippen LogP contribution in [-0.2, 0) is 19.3 Å². The van der Waals surface area contributed by atoms with Gasteiger partial charge in [0.15, 0.2) is 0 Å². The summed E-state index contributed by atoms with van der Waals surface area (Å²) in [7, 11) is 0. The highest BCUT2D eigenvalue weighted by atomic mass is 19.4. The molecule has 0 unspecified atom stereocenters. The van der Waals surface area contributed by atoms with Gasteiger partial charge < -0.3 is 9.64 Å². The van der Waals surface area contributed by atoms with Crippen molar-refractivity contribution in [1.29, 1.82) is 0 Å². The first-order valence-electron chi connectivity index (χ1n) is 13.4. The second-order valence-electron chi connectivity index (χ2n) is 10.3. The van der Waals surface area contributed by atoms with E-state index in [4.69, 9.17) is 4.74 Å². The lowest BCUT2D eigenvalue weighted by Gasteiger charge is -2.38. The van der Waals surface area contributed by atoms with Crippen molar-refractivity contribution >= 4 is 5.69 Å². The number of alkyl halides is 3. The van der Waals surface area contributed by atoms with Crippen LogP contribution in [0.15, 0.2) is 89.9 Å². The molecule has 2 aliphatic rings. The highest BCUT2D eigenvalue weighted by Gasteiger charge is 2.40. The Morgan fingerprint density at radius 1 is 0.875 bits per heavy atom. The van der Waals surface area contributed by atoms with E-state index in [1.807, 2.05) is 35.4 Å². The Balaban J connectivity index is 1.17. The first-order chi connectivity index (χ1) is 19.4.